The topological polar surface area (TPSA) is 77.2 Å². The van der Waals surface area contributed by atoms with Gasteiger partial charge in [0.25, 0.3) is 0 Å². The van der Waals surface area contributed by atoms with Crippen LogP contribution in [0.25, 0.3) is 10.6 Å². The zero-order valence-corrected chi connectivity index (χ0v) is 16.7. The van der Waals surface area contributed by atoms with Gasteiger partial charge in [0.2, 0.25) is 5.91 Å². The van der Waals surface area contributed by atoms with Crippen molar-refractivity contribution in [1.82, 2.24) is 10.3 Å². The molecule has 0 bridgehead atoms. The maximum absolute atomic E-state index is 12.5. The molecule has 1 saturated heterocycles. The van der Waals surface area contributed by atoms with Crippen LogP contribution in [0.3, 0.4) is 0 Å². The molecule has 2 heterocycles. The number of nitrogens with two attached hydrogens (primary N) is 1. The smallest absolute Gasteiger partial charge is 0.237 e. The van der Waals surface area contributed by atoms with Crippen LogP contribution < -0.4 is 11.1 Å². The maximum atomic E-state index is 12.5. The van der Waals surface area contributed by atoms with Crippen LogP contribution in [0.2, 0.25) is 0 Å². The molecule has 0 saturated carbocycles. The zero-order valence-electron chi connectivity index (χ0n) is 15.1. The summed E-state index contributed by atoms with van der Waals surface area (Å²) < 4.78 is 5.35. The van der Waals surface area contributed by atoms with E-state index in [4.69, 9.17) is 10.5 Å². The number of hydrogen-bond acceptors (Lipinski definition) is 5. The molecule has 3 rings (SSSR count). The molecule has 1 aromatic carbocycles. The Hall–Kier alpha value is -1.47. The highest BCUT2D eigenvalue weighted by molar-refractivity contribution is 7.15. The van der Waals surface area contributed by atoms with E-state index in [1.807, 2.05) is 44.2 Å². The van der Waals surface area contributed by atoms with Gasteiger partial charge in [0, 0.05) is 18.8 Å². The van der Waals surface area contributed by atoms with Crippen LogP contribution in [0.15, 0.2) is 30.3 Å². The lowest BCUT2D eigenvalue weighted by Crippen LogP contribution is -2.47. The fraction of sp³-hybridized carbons (Fsp3) is 0.474. The minimum atomic E-state index is -0.479. The average molecular weight is 396 g/mol. The first-order valence-corrected chi connectivity index (χ1v) is 9.54. The summed E-state index contributed by atoms with van der Waals surface area (Å²) in [5.41, 5.74) is 8.22. The second-order valence-electron chi connectivity index (χ2n) is 6.54. The van der Waals surface area contributed by atoms with Crippen molar-refractivity contribution >= 4 is 29.7 Å². The van der Waals surface area contributed by atoms with Gasteiger partial charge >= 0.3 is 0 Å². The van der Waals surface area contributed by atoms with Gasteiger partial charge in [-0.3, -0.25) is 4.79 Å². The van der Waals surface area contributed by atoms with E-state index in [1.165, 1.54) is 0 Å². The minimum Gasteiger partial charge on any atom is -0.381 e. The first-order valence-electron chi connectivity index (χ1n) is 8.72. The first kappa shape index (κ1) is 20.8. The van der Waals surface area contributed by atoms with Gasteiger partial charge in [-0.05, 0) is 32.6 Å². The molecule has 26 heavy (non-hydrogen) atoms. The summed E-state index contributed by atoms with van der Waals surface area (Å²) >= 11 is 1.62. The van der Waals surface area contributed by atoms with Crippen LogP contribution in [-0.4, -0.2) is 30.1 Å². The van der Waals surface area contributed by atoms with E-state index in [2.05, 4.69) is 10.3 Å². The molecule has 3 N–H and O–H groups in total. The van der Waals surface area contributed by atoms with Gasteiger partial charge in [-0.15, -0.1) is 23.7 Å². The summed E-state index contributed by atoms with van der Waals surface area (Å²) in [5.74, 6) is 0.108. The monoisotopic (exact) mass is 395 g/mol. The molecule has 1 aliphatic rings. The molecular weight excluding hydrogens is 370 g/mol. The van der Waals surface area contributed by atoms with Crippen molar-refractivity contribution in [3.8, 4) is 10.6 Å². The van der Waals surface area contributed by atoms with Gasteiger partial charge < -0.3 is 15.8 Å². The molecular formula is C19H26ClN3O2S. The number of halogens is 1. The van der Waals surface area contributed by atoms with Crippen LogP contribution in [-0.2, 0) is 9.53 Å². The number of aromatic nitrogens is 1. The number of aryl methyl sites for hydroxylation is 1. The Morgan fingerprint density at radius 1 is 1.31 bits per heavy atom. The number of thiazole rings is 1. The summed E-state index contributed by atoms with van der Waals surface area (Å²) in [6.07, 6.45) is 1.70. The molecule has 1 aromatic heterocycles. The molecule has 5 nitrogen and oxygen atoms in total. The number of nitrogens with zero attached hydrogens (tertiary/aromatic N) is 1. The third kappa shape index (κ3) is 4.82. The van der Waals surface area contributed by atoms with E-state index >= 15 is 0 Å². The minimum absolute atomic E-state index is 0. The summed E-state index contributed by atoms with van der Waals surface area (Å²) in [5, 5.41) is 4.04. The highest BCUT2D eigenvalue weighted by Crippen LogP contribution is 2.31. The first-order chi connectivity index (χ1) is 12.1. The average Bonchev–Trinajstić information content (AvgIpc) is 3.04. The van der Waals surface area contributed by atoms with Crippen LogP contribution in [0.1, 0.15) is 36.4 Å². The molecule has 1 aliphatic heterocycles. The third-order valence-corrected chi connectivity index (χ3v) is 6.07. The summed E-state index contributed by atoms with van der Waals surface area (Å²) in [4.78, 5) is 18.3. The quantitative estimate of drug-likeness (QED) is 0.812. The summed E-state index contributed by atoms with van der Waals surface area (Å²) in [6, 6.07) is 9.51. The molecule has 2 unspecified atom stereocenters. The molecule has 2 atom stereocenters. The second-order valence-corrected chi connectivity index (χ2v) is 7.57. The zero-order chi connectivity index (χ0) is 17.8. The van der Waals surface area contributed by atoms with Crippen molar-refractivity contribution in [3.63, 3.8) is 0 Å². The molecule has 0 spiro atoms. The number of benzene rings is 1. The Morgan fingerprint density at radius 3 is 2.62 bits per heavy atom. The summed E-state index contributed by atoms with van der Waals surface area (Å²) in [7, 11) is 0. The van der Waals surface area contributed by atoms with Crippen molar-refractivity contribution in [2.24, 2.45) is 11.7 Å². The highest BCUT2D eigenvalue weighted by atomic mass is 35.5. The predicted molar refractivity (Wildman–Crippen MR) is 108 cm³/mol. The highest BCUT2D eigenvalue weighted by Gasteiger charge is 2.28. The predicted octanol–water partition coefficient (Wildman–Crippen LogP) is 3.47. The van der Waals surface area contributed by atoms with Crippen molar-refractivity contribution in [2.45, 2.75) is 38.8 Å². The van der Waals surface area contributed by atoms with E-state index < -0.39 is 6.04 Å². The number of ether oxygens (including phenoxy) is 1. The van der Waals surface area contributed by atoms with Crippen molar-refractivity contribution < 1.29 is 9.53 Å². The lowest BCUT2D eigenvalue weighted by molar-refractivity contribution is -0.125. The molecule has 7 heteroatoms. The van der Waals surface area contributed by atoms with Gasteiger partial charge in [-0.25, -0.2) is 4.98 Å². The Kier molecular flexibility index (Phi) is 7.58. The fourth-order valence-corrected chi connectivity index (χ4v) is 4.25. The van der Waals surface area contributed by atoms with E-state index in [9.17, 15) is 4.79 Å². The molecule has 142 valence electrons. The lowest BCUT2D eigenvalue weighted by Gasteiger charge is -2.27. The lowest BCUT2D eigenvalue weighted by atomic mass is 9.91. The van der Waals surface area contributed by atoms with Gasteiger partial charge in [0.15, 0.2) is 0 Å². The Bertz CT molecular complexity index is 717. The number of amides is 1. The molecule has 2 aromatic rings. The van der Waals surface area contributed by atoms with Crippen molar-refractivity contribution in [2.75, 3.05) is 13.2 Å². The number of hydrogen-bond donors (Lipinski definition) is 2. The van der Waals surface area contributed by atoms with E-state index in [1.54, 1.807) is 11.3 Å². The molecule has 1 amide bonds. The van der Waals surface area contributed by atoms with Crippen LogP contribution in [0.4, 0.5) is 0 Å². The van der Waals surface area contributed by atoms with Gasteiger partial charge in [-0.1, -0.05) is 30.3 Å². The SMILES string of the molecule is Cc1nc(-c2ccccc2)sc1C(C)NC(=O)C(N)C1CCOCC1.Cl. The van der Waals surface area contributed by atoms with Crippen LogP contribution in [0, 0.1) is 12.8 Å². The van der Waals surface area contributed by atoms with Gasteiger partial charge in [-0.2, -0.15) is 0 Å². The number of carbonyl (C=O) groups excluding carboxylic acids is 1. The number of carbonyl (C=O) groups is 1. The Morgan fingerprint density at radius 2 is 1.96 bits per heavy atom. The van der Waals surface area contributed by atoms with Gasteiger partial charge in [0.05, 0.1) is 22.7 Å². The Labute approximate surface area is 164 Å². The largest absolute Gasteiger partial charge is 0.381 e. The third-order valence-electron chi connectivity index (χ3n) is 4.68. The second kappa shape index (κ2) is 9.46. The molecule has 0 radical (unpaired) electrons. The number of nitrogens with one attached hydrogen (secondary N) is 1. The molecule has 1 fully saturated rings. The van der Waals surface area contributed by atoms with E-state index in [0.29, 0.717) is 13.2 Å². The van der Waals surface area contributed by atoms with E-state index in [0.717, 1.165) is 34.0 Å². The maximum Gasteiger partial charge on any atom is 0.237 e. The van der Waals surface area contributed by atoms with Crippen molar-refractivity contribution in [3.05, 3.63) is 40.9 Å². The Balaban J connectivity index is 0.00000243. The summed E-state index contributed by atoms with van der Waals surface area (Å²) in [6.45, 7) is 5.36. The standard InChI is InChI=1S/C19H25N3O2S.ClH/c1-12(21-18(23)16(20)14-8-10-24-11-9-14)17-13(2)22-19(25-17)15-6-4-3-5-7-15;/h3-7,12,14,16H,8-11,20H2,1-2H3,(H,21,23);1H. The normalized spacial score (nSPS) is 17.2. The molecule has 0 aliphatic carbocycles. The number of rotatable bonds is 5. The van der Waals surface area contributed by atoms with Crippen molar-refractivity contribution in [1.29, 1.82) is 0 Å². The van der Waals surface area contributed by atoms with Crippen LogP contribution in [0.5, 0.6) is 0 Å². The van der Waals surface area contributed by atoms with Crippen LogP contribution >= 0.6 is 23.7 Å². The van der Waals surface area contributed by atoms with E-state index in [-0.39, 0.29) is 30.3 Å². The fourth-order valence-electron chi connectivity index (χ4n) is 3.18. The van der Waals surface area contributed by atoms with Gasteiger partial charge in [0.1, 0.15) is 5.01 Å².